The molecule has 1 aliphatic heterocycles. The molecule has 0 spiro atoms. The molecule has 4 rings (SSSR count). The Labute approximate surface area is 181 Å². The molecule has 0 N–H and O–H groups in total. The van der Waals surface area contributed by atoms with Crippen molar-refractivity contribution in [2.24, 2.45) is 4.99 Å². The van der Waals surface area contributed by atoms with E-state index < -0.39 is 0 Å². The first-order chi connectivity index (χ1) is 14.4. The Hall–Kier alpha value is -3.37. The number of hydrogen-bond acceptors (Lipinski definition) is 3. The van der Waals surface area contributed by atoms with Crippen molar-refractivity contribution < 1.29 is 4.79 Å². The lowest BCUT2D eigenvalue weighted by molar-refractivity contribution is -0.113. The van der Waals surface area contributed by atoms with Crippen molar-refractivity contribution in [2.45, 2.75) is 6.92 Å². The molecule has 0 unspecified atom stereocenters. The lowest BCUT2D eigenvalue weighted by Crippen LogP contribution is -2.32. The highest BCUT2D eigenvalue weighted by atomic mass is 35.5. The highest BCUT2D eigenvalue weighted by Crippen LogP contribution is 2.29. The predicted octanol–water partition coefficient (Wildman–Crippen LogP) is 5.55. The van der Waals surface area contributed by atoms with E-state index in [4.69, 9.17) is 16.6 Å². The van der Waals surface area contributed by atoms with Gasteiger partial charge >= 0.3 is 0 Å². The van der Waals surface area contributed by atoms with E-state index in [1.54, 1.807) is 17.0 Å². The molecule has 0 saturated heterocycles. The summed E-state index contributed by atoms with van der Waals surface area (Å²) in [7, 11) is 3.99. The van der Waals surface area contributed by atoms with Crippen molar-refractivity contribution in [2.75, 3.05) is 23.9 Å². The maximum atomic E-state index is 13.3. The number of hydrogen-bond donors (Lipinski definition) is 0. The summed E-state index contributed by atoms with van der Waals surface area (Å²) in [5.41, 5.74) is 5.19. The summed E-state index contributed by atoms with van der Waals surface area (Å²) >= 11 is 6.05. The van der Waals surface area contributed by atoms with Gasteiger partial charge in [-0.25, -0.2) is 4.99 Å². The van der Waals surface area contributed by atoms with Crippen LogP contribution < -0.4 is 9.80 Å². The second-order valence-electron chi connectivity index (χ2n) is 7.43. The van der Waals surface area contributed by atoms with E-state index in [1.165, 1.54) is 0 Å². The zero-order valence-electron chi connectivity index (χ0n) is 17.1. The number of benzene rings is 3. The van der Waals surface area contributed by atoms with Crippen molar-refractivity contribution in [1.82, 2.24) is 0 Å². The fraction of sp³-hybridized carbons (Fsp3) is 0.120. The number of carbonyl (C=O) groups is 1. The normalized spacial score (nSPS) is 14.9. The molecule has 0 saturated carbocycles. The molecule has 0 radical (unpaired) electrons. The van der Waals surface area contributed by atoms with E-state index in [1.807, 2.05) is 92.7 Å². The summed E-state index contributed by atoms with van der Waals surface area (Å²) in [6, 6.07) is 23.2. The minimum atomic E-state index is -0.162. The van der Waals surface area contributed by atoms with Crippen LogP contribution >= 0.6 is 11.6 Å². The molecule has 0 aliphatic carbocycles. The van der Waals surface area contributed by atoms with Gasteiger partial charge in [0.1, 0.15) is 11.5 Å². The number of aryl methyl sites for hydroxylation is 1. The van der Waals surface area contributed by atoms with Crippen LogP contribution in [-0.4, -0.2) is 25.8 Å². The first-order valence-electron chi connectivity index (χ1n) is 9.67. The largest absolute Gasteiger partial charge is 0.378 e. The van der Waals surface area contributed by atoms with Crippen LogP contribution in [0.15, 0.2) is 83.5 Å². The Morgan fingerprint density at radius 1 is 0.900 bits per heavy atom. The molecule has 150 valence electrons. The highest BCUT2D eigenvalue weighted by molar-refractivity contribution is 6.34. The minimum Gasteiger partial charge on any atom is -0.378 e. The van der Waals surface area contributed by atoms with Crippen LogP contribution in [0.3, 0.4) is 0 Å². The van der Waals surface area contributed by atoms with Crippen LogP contribution in [0.1, 0.15) is 16.7 Å². The van der Waals surface area contributed by atoms with Gasteiger partial charge in [0.2, 0.25) is 0 Å². The highest BCUT2D eigenvalue weighted by Gasteiger charge is 2.32. The second kappa shape index (κ2) is 8.17. The third-order valence-electron chi connectivity index (χ3n) is 4.97. The zero-order chi connectivity index (χ0) is 21.3. The second-order valence-corrected chi connectivity index (χ2v) is 7.87. The van der Waals surface area contributed by atoms with Crippen LogP contribution in [0.4, 0.5) is 11.4 Å². The van der Waals surface area contributed by atoms with Crippen molar-refractivity contribution >= 4 is 40.8 Å². The Morgan fingerprint density at radius 3 is 2.13 bits per heavy atom. The Bertz CT molecular complexity index is 1130. The van der Waals surface area contributed by atoms with Gasteiger partial charge in [0.05, 0.1) is 5.69 Å². The van der Waals surface area contributed by atoms with Gasteiger partial charge in [0.15, 0.2) is 0 Å². The Balaban J connectivity index is 1.77. The lowest BCUT2D eigenvalue weighted by atomic mass is 10.1. The molecule has 3 aromatic carbocycles. The van der Waals surface area contributed by atoms with Crippen LogP contribution in [0.5, 0.6) is 0 Å². The number of carbonyl (C=O) groups excluding carboxylic acids is 1. The van der Waals surface area contributed by atoms with Crippen LogP contribution in [0.25, 0.3) is 6.08 Å². The number of amides is 1. The molecule has 30 heavy (non-hydrogen) atoms. The first-order valence-corrected chi connectivity index (χ1v) is 10.0. The van der Waals surface area contributed by atoms with Gasteiger partial charge in [-0.15, -0.1) is 0 Å². The number of nitrogens with zero attached hydrogens (tertiary/aromatic N) is 3. The van der Waals surface area contributed by atoms with E-state index in [0.717, 1.165) is 28.1 Å². The van der Waals surface area contributed by atoms with Crippen molar-refractivity contribution in [1.29, 1.82) is 0 Å². The summed E-state index contributed by atoms with van der Waals surface area (Å²) in [6.07, 6.45) is 1.83. The number of amidine groups is 1. The van der Waals surface area contributed by atoms with Gasteiger partial charge in [0.25, 0.3) is 5.91 Å². The molecule has 3 aromatic rings. The molecule has 4 nitrogen and oxygen atoms in total. The molecule has 0 atom stereocenters. The van der Waals surface area contributed by atoms with E-state index >= 15 is 0 Å². The lowest BCUT2D eigenvalue weighted by Gasteiger charge is -2.18. The van der Waals surface area contributed by atoms with E-state index in [9.17, 15) is 4.79 Å². The van der Waals surface area contributed by atoms with Crippen molar-refractivity contribution in [3.63, 3.8) is 0 Å². The monoisotopic (exact) mass is 415 g/mol. The number of halogens is 1. The molecule has 0 fully saturated rings. The third kappa shape index (κ3) is 4.00. The predicted molar refractivity (Wildman–Crippen MR) is 125 cm³/mol. The first kappa shape index (κ1) is 19.9. The van der Waals surface area contributed by atoms with Gasteiger partial charge in [-0.05, 0) is 55.0 Å². The van der Waals surface area contributed by atoms with Crippen LogP contribution in [-0.2, 0) is 4.79 Å². The molecule has 0 aromatic heterocycles. The van der Waals surface area contributed by atoms with Gasteiger partial charge in [-0.2, -0.15) is 0 Å². The molecule has 0 bridgehead atoms. The fourth-order valence-electron chi connectivity index (χ4n) is 3.27. The third-order valence-corrected chi connectivity index (χ3v) is 5.22. The standard InChI is InChI=1S/C25H22ClN3O/c1-17-4-8-19(9-5-17)24-27-23(16-18-6-12-21(13-7-18)28(2)3)25(30)29(24)22-14-10-20(26)11-15-22/h4-16H,1-3H3/b23-16+. The van der Waals surface area contributed by atoms with Gasteiger partial charge in [-0.3, -0.25) is 9.69 Å². The molecule has 5 heteroatoms. The van der Waals surface area contributed by atoms with Gasteiger partial charge in [0, 0.05) is 30.4 Å². The fourth-order valence-corrected chi connectivity index (χ4v) is 3.40. The van der Waals surface area contributed by atoms with Crippen LogP contribution in [0.2, 0.25) is 5.02 Å². The summed E-state index contributed by atoms with van der Waals surface area (Å²) in [4.78, 5) is 21.7. The van der Waals surface area contributed by atoms with Crippen LogP contribution in [0, 0.1) is 6.92 Å². The molecular formula is C25H22ClN3O. The van der Waals surface area contributed by atoms with E-state index in [0.29, 0.717) is 16.6 Å². The summed E-state index contributed by atoms with van der Waals surface area (Å²) in [6.45, 7) is 2.03. The maximum absolute atomic E-state index is 13.3. The number of anilines is 2. The molecular weight excluding hydrogens is 394 g/mol. The average molecular weight is 416 g/mol. The van der Waals surface area contributed by atoms with Crippen molar-refractivity contribution in [3.05, 3.63) is 100 Å². The zero-order valence-corrected chi connectivity index (χ0v) is 17.9. The minimum absolute atomic E-state index is 0.162. The molecule has 1 amide bonds. The summed E-state index contributed by atoms with van der Waals surface area (Å²) in [5, 5.41) is 0.621. The van der Waals surface area contributed by atoms with E-state index in [-0.39, 0.29) is 5.91 Å². The smallest absolute Gasteiger partial charge is 0.282 e. The number of rotatable bonds is 4. The van der Waals surface area contributed by atoms with Gasteiger partial charge in [-0.1, -0.05) is 53.6 Å². The summed E-state index contributed by atoms with van der Waals surface area (Å²) in [5.74, 6) is 0.447. The molecule has 1 heterocycles. The van der Waals surface area contributed by atoms with Crippen molar-refractivity contribution in [3.8, 4) is 0 Å². The summed E-state index contributed by atoms with van der Waals surface area (Å²) < 4.78 is 0. The molecule has 1 aliphatic rings. The SMILES string of the molecule is Cc1ccc(C2=N/C(=C/c3ccc(N(C)C)cc3)C(=O)N2c2ccc(Cl)cc2)cc1. The Morgan fingerprint density at radius 2 is 1.53 bits per heavy atom. The Kier molecular flexibility index (Phi) is 5.42. The topological polar surface area (TPSA) is 35.9 Å². The average Bonchev–Trinajstić information content (AvgIpc) is 3.06. The maximum Gasteiger partial charge on any atom is 0.282 e. The van der Waals surface area contributed by atoms with E-state index in [2.05, 4.69) is 0 Å². The quantitative estimate of drug-likeness (QED) is 0.524. The van der Waals surface area contributed by atoms with Gasteiger partial charge < -0.3 is 4.90 Å². The number of aliphatic imine (C=N–C) groups is 1.